The van der Waals surface area contributed by atoms with Gasteiger partial charge < -0.3 is 4.90 Å². The second-order valence-electron chi connectivity index (χ2n) is 9.40. The quantitative estimate of drug-likeness (QED) is 0.687. The lowest BCUT2D eigenvalue weighted by Gasteiger charge is -2.32. The maximum absolute atomic E-state index is 13.2. The average Bonchev–Trinajstić information content (AvgIpc) is 3.24. The minimum Gasteiger partial charge on any atom is -0.342 e. The fraction of sp³-hybridized carbons (Fsp3) is 0.480. The molecule has 2 aliphatic rings. The van der Waals surface area contributed by atoms with Crippen molar-refractivity contribution in [2.24, 2.45) is 0 Å². The van der Waals surface area contributed by atoms with Gasteiger partial charge in [0.1, 0.15) is 0 Å². The number of nitrogens with zero attached hydrogens (tertiary/aromatic N) is 4. The first kappa shape index (κ1) is 20.9. The molecule has 3 aromatic rings. The monoisotopic (exact) mass is 433 g/mol. The van der Waals surface area contributed by atoms with E-state index in [0.717, 1.165) is 54.9 Å². The van der Waals surface area contributed by atoms with Crippen LogP contribution in [0.3, 0.4) is 0 Å². The van der Waals surface area contributed by atoms with Crippen LogP contribution in [-0.4, -0.2) is 56.0 Å². The second kappa shape index (κ2) is 8.54. The Hall–Kier alpha value is -2.93. The van der Waals surface area contributed by atoms with E-state index in [1.807, 2.05) is 41.3 Å². The van der Waals surface area contributed by atoms with Gasteiger partial charge in [-0.25, -0.2) is 9.50 Å². The Bertz CT molecular complexity index is 1180. The summed E-state index contributed by atoms with van der Waals surface area (Å²) in [6, 6.07) is 12.3. The second-order valence-corrected chi connectivity index (χ2v) is 9.40. The molecule has 0 bridgehead atoms. The molecular weight excluding hydrogens is 402 g/mol. The molecule has 1 atom stereocenters. The summed E-state index contributed by atoms with van der Waals surface area (Å²) in [5.74, 6) is 0.352. The molecule has 0 spiro atoms. The summed E-state index contributed by atoms with van der Waals surface area (Å²) in [5.41, 5.74) is 4.47. The average molecular weight is 434 g/mol. The van der Waals surface area contributed by atoms with Crippen molar-refractivity contribution >= 4 is 11.6 Å². The van der Waals surface area contributed by atoms with Gasteiger partial charge in [0, 0.05) is 56.3 Å². The van der Waals surface area contributed by atoms with Crippen LogP contribution in [0.15, 0.2) is 41.2 Å². The van der Waals surface area contributed by atoms with Crippen molar-refractivity contribution in [1.29, 1.82) is 0 Å². The van der Waals surface area contributed by atoms with Crippen LogP contribution in [0.5, 0.6) is 0 Å². The summed E-state index contributed by atoms with van der Waals surface area (Å²) in [7, 11) is 0. The highest BCUT2D eigenvalue weighted by atomic mass is 16.2. The molecule has 32 heavy (non-hydrogen) atoms. The van der Waals surface area contributed by atoms with Crippen LogP contribution in [0.4, 0.5) is 0 Å². The summed E-state index contributed by atoms with van der Waals surface area (Å²) in [5, 5.41) is 3.32. The number of nitrogens with one attached hydrogen (secondary N) is 1. The van der Waals surface area contributed by atoms with Crippen molar-refractivity contribution in [3.8, 4) is 0 Å². The van der Waals surface area contributed by atoms with Crippen LogP contribution < -0.4 is 5.56 Å². The number of H-pyrrole nitrogens is 1. The third kappa shape index (κ3) is 3.97. The van der Waals surface area contributed by atoms with E-state index in [-0.39, 0.29) is 17.4 Å². The normalized spacial score (nSPS) is 19.5. The Morgan fingerprint density at radius 1 is 1.22 bits per heavy atom. The number of hydrogen-bond acceptors (Lipinski definition) is 4. The Labute approximate surface area is 188 Å². The number of benzene rings is 1. The minimum atomic E-state index is 0.00872. The highest BCUT2D eigenvalue weighted by molar-refractivity contribution is 5.79. The van der Waals surface area contributed by atoms with Gasteiger partial charge in [0.2, 0.25) is 5.91 Å². The first-order valence-corrected chi connectivity index (χ1v) is 11.7. The summed E-state index contributed by atoms with van der Waals surface area (Å²) in [6.45, 7) is 7.38. The van der Waals surface area contributed by atoms with Gasteiger partial charge in [-0.3, -0.25) is 19.6 Å². The van der Waals surface area contributed by atoms with Crippen molar-refractivity contribution in [2.45, 2.75) is 58.0 Å². The molecular formula is C25H31N5O2. The molecule has 168 valence electrons. The molecule has 0 radical (unpaired) electrons. The van der Waals surface area contributed by atoms with E-state index in [1.54, 1.807) is 4.52 Å². The van der Waals surface area contributed by atoms with E-state index < -0.39 is 0 Å². The van der Waals surface area contributed by atoms with E-state index in [1.165, 1.54) is 0 Å². The number of rotatable bonds is 4. The molecule has 1 N–H and O–H groups in total. The molecule has 5 rings (SSSR count). The van der Waals surface area contributed by atoms with E-state index in [2.05, 4.69) is 23.8 Å². The minimum absolute atomic E-state index is 0.00872. The Morgan fingerprint density at radius 2 is 2.03 bits per heavy atom. The van der Waals surface area contributed by atoms with Crippen molar-refractivity contribution in [3.63, 3.8) is 0 Å². The SMILES string of the molecule is CC(C)N1CCc2nc3cc(C4CCCN(C(=O)Cc5ccccc5)C4)[nH]n3c(=O)c2C1. The van der Waals surface area contributed by atoms with Crippen LogP contribution >= 0.6 is 0 Å². The number of hydrogen-bond donors (Lipinski definition) is 1. The molecule has 1 saturated heterocycles. The molecule has 1 fully saturated rings. The largest absolute Gasteiger partial charge is 0.342 e. The fourth-order valence-corrected chi connectivity index (χ4v) is 5.01. The van der Waals surface area contributed by atoms with Gasteiger partial charge in [0.05, 0.1) is 17.7 Å². The molecule has 0 aliphatic carbocycles. The van der Waals surface area contributed by atoms with Gasteiger partial charge in [0.25, 0.3) is 5.56 Å². The maximum atomic E-state index is 13.2. The molecule has 1 amide bonds. The molecule has 4 heterocycles. The molecule has 7 nitrogen and oxygen atoms in total. The van der Waals surface area contributed by atoms with Gasteiger partial charge in [-0.15, -0.1) is 0 Å². The van der Waals surface area contributed by atoms with Crippen molar-refractivity contribution in [3.05, 3.63) is 69.3 Å². The topological polar surface area (TPSA) is 73.7 Å². The van der Waals surface area contributed by atoms with Crippen LogP contribution in [0, 0.1) is 0 Å². The number of aromatic nitrogens is 3. The van der Waals surface area contributed by atoms with Gasteiger partial charge in [0.15, 0.2) is 5.65 Å². The summed E-state index contributed by atoms with van der Waals surface area (Å²) < 4.78 is 1.60. The lowest BCUT2D eigenvalue weighted by molar-refractivity contribution is -0.131. The van der Waals surface area contributed by atoms with Crippen LogP contribution in [0.25, 0.3) is 5.65 Å². The number of carbonyl (C=O) groups is 1. The zero-order chi connectivity index (χ0) is 22.2. The number of carbonyl (C=O) groups excluding carboxylic acids is 1. The number of amides is 1. The zero-order valence-corrected chi connectivity index (χ0v) is 18.9. The molecule has 1 unspecified atom stereocenters. The zero-order valence-electron chi connectivity index (χ0n) is 18.9. The maximum Gasteiger partial charge on any atom is 0.277 e. The van der Waals surface area contributed by atoms with E-state index in [0.29, 0.717) is 31.2 Å². The van der Waals surface area contributed by atoms with Gasteiger partial charge in [-0.1, -0.05) is 30.3 Å². The third-order valence-electron chi connectivity index (χ3n) is 6.95. The third-order valence-corrected chi connectivity index (χ3v) is 6.95. The van der Waals surface area contributed by atoms with Gasteiger partial charge in [-0.2, -0.15) is 0 Å². The molecule has 2 aromatic heterocycles. The number of likely N-dealkylation sites (tertiary alicyclic amines) is 1. The molecule has 7 heteroatoms. The van der Waals surface area contributed by atoms with Crippen molar-refractivity contribution < 1.29 is 4.79 Å². The van der Waals surface area contributed by atoms with Gasteiger partial charge in [-0.05, 0) is 32.3 Å². The highest BCUT2D eigenvalue weighted by Crippen LogP contribution is 2.27. The molecule has 0 saturated carbocycles. The first-order valence-electron chi connectivity index (χ1n) is 11.7. The lowest BCUT2D eigenvalue weighted by atomic mass is 9.94. The Morgan fingerprint density at radius 3 is 2.81 bits per heavy atom. The standard InChI is InChI=1S/C25H31N5O2/c1-17(2)28-12-10-21-20(16-28)25(32)30-23(26-21)14-22(27-30)19-9-6-11-29(15-19)24(31)13-18-7-4-3-5-8-18/h3-5,7-8,14,17,19,27H,6,9-13,15-16H2,1-2H3. The van der Waals surface area contributed by atoms with Gasteiger partial charge >= 0.3 is 0 Å². The Balaban J connectivity index is 1.37. The lowest BCUT2D eigenvalue weighted by Crippen LogP contribution is -2.40. The number of fused-ring (bicyclic) bond motifs is 2. The summed E-state index contributed by atoms with van der Waals surface area (Å²) >= 11 is 0. The first-order chi connectivity index (χ1) is 15.5. The summed E-state index contributed by atoms with van der Waals surface area (Å²) in [6.07, 6.45) is 3.20. The predicted octanol–water partition coefficient (Wildman–Crippen LogP) is 2.74. The molecule has 1 aromatic carbocycles. The fourth-order valence-electron chi connectivity index (χ4n) is 5.01. The molecule has 2 aliphatic heterocycles. The van der Waals surface area contributed by atoms with Crippen LogP contribution in [-0.2, 0) is 24.2 Å². The smallest absolute Gasteiger partial charge is 0.277 e. The van der Waals surface area contributed by atoms with E-state index in [4.69, 9.17) is 4.98 Å². The summed E-state index contributed by atoms with van der Waals surface area (Å²) in [4.78, 5) is 35.2. The predicted molar refractivity (Wildman–Crippen MR) is 124 cm³/mol. The highest BCUT2D eigenvalue weighted by Gasteiger charge is 2.28. The van der Waals surface area contributed by atoms with E-state index in [9.17, 15) is 9.59 Å². The van der Waals surface area contributed by atoms with Crippen molar-refractivity contribution in [1.82, 2.24) is 24.4 Å². The number of piperidine rings is 1. The van der Waals surface area contributed by atoms with Crippen LogP contribution in [0.2, 0.25) is 0 Å². The van der Waals surface area contributed by atoms with E-state index >= 15 is 0 Å². The Kier molecular flexibility index (Phi) is 5.59. The van der Waals surface area contributed by atoms with Crippen LogP contribution in [0.1, 0.15) is 55.1 Å². The number of aromatic amines is 1. The van der Waals surface area contributed by atoms with Crippen molar-refractivity contribution in [2.75, 3.05) is 19.6 Å².